The fraction of sp³-hybridized carbons (Fsp3) is 0.261. The van der Waals surface area contributed by atoms with Gasteiger partial charge in [-0.25, -0.2) is 8.42 Å². The maximum atomic E-state index is 12.7. The maximum Gasteiger partial charge on any atom is 0.251 e. The number of carbonyl (C=O) groups excluding carboxylic acids is 1. The van der Waals surface area contributed by atoms with Gasteiger partial charge in [0.1, 0.15) is 12.4 Å². The Morgan fingerprint density at radius 3 is 2.45 bits per heavy atom. The Kier molecular flexibility index (Phi) is 6.50. The van der Waals surface area contributed by atoms with Crippen molar-refractivity contribution in [2.75, 3.05) is 39.5 Å². The van der Waals surface area contributed by atoms with E-state index in [-0.39, 0.29) is 10.8 Å². The molecule has 4 rings (SSSR count). The van der Waals surface area contributed by atoms with Crippen LogP contribution < -0.4 is 10.1 Å². The molecule has 8 heteroatoms. The SMILES string of the molecule is O=C(NCCOc1cccc2ccccc12)c1ccc(S(=O)(=O)N2CCOCC2)cc1. The monoisotopic (exact) mass is 440 g/mol. The summed E-state index contributed by atoms with van der Waals surface area (Å²) in [5.74, 6) is 0.488. The maximum absolute atomic E-state index is 12.7. The fourth-order valence-corrected chi connectivity index (χ4v) is 4.87. The molecule has 0 aromatic heterocycles. The zero-order valence-electron chi connectivity index (χ0n) is 17.0. The molecule has 1 heterocycles. The molecule has 1 aliphatic heterocycles. The van der Waals surface area contributed by atoms with Gasteiger partial charge in [0.2, 0.25) is 10.0 Å². The lowest BCUT2D eigenvalue weighted by molar-refractivity contribution is 0.0730. The molecule has 0 spiro atoms. The van der Waals surface area contributed by atoms with Gasteiger partial charge >= 0.3 is 0 Å². The van der Waals surface area contributed by atoms with E-state index in [0.717, 1.165) is 16.5 Å². The summed E-state index contributed by atoms with van der Waals surface area (Å²) in [5, 5.41) is 4.91. The lowest BCUT2D eigenvalue weighted by Crippen LogP contribution is -2.40. The molecule has 0 saturated carbocycles. The Labute approximate surface area is 181 Å². The summed E-state index contributed by atoms with van der Waals surface area (Å²) in [6.45, 7) is 2.10. The third kappa shape index (κ3) is 4.87. The molecule has 1 aliphatic rings. The second-order valence-corrected chi connectivity index (χ2v) is 9.06. The minimum Gasteiger partial charge on any atom is -0.491 e. The third-order valence-electron chi connectivity index (χ3n) is 5.12. The normalized spacial score (nSPS) is 15.0. The van der Waals surface area contributed by atoms with Crippen molar-refractivity contribution >= 4 is 26.7 Å². The number of morpholine rings is 1. The molecule has 0 unspecified atom stereocenters. The molecular weight excluding hydrogens is 416 g/mol. The summed E-state index contributed by atoms with van der Waals surface area (Å²) in [4.78, 5) is 12.6. The van der Waals surface area contributed by atoms with Gasteiger partial charge in [0.25, 0.3) is 5.91 Å². The summed E-state index contributed by atoms with van der Waals surface area (Å²) in [5.41, 5.74) is 0.395. The van der Waals surface area contributed by atoms with Crippen LogP contribution in [0.1, 0.15) is 10.4 Å². The molecule has 162 valence electrons. The molecule has 3 aromatic rings. The first-order chi connectivity index (χ1) is 15.1. The Hall–Kier alpha value is -2.94. The highest BCUT2D eigenvalue weighted by Crippen LogP contribution is 2.25. The predicted octanol–water partition coefficient (Wildman–Crippen LogP) is 2.67. The highest BCUT2D eigenvalue weighted by Gasteiger charge is 2.26. The van der Waals surface area contributed by atoms with Crippen LogP contribution in [0.25, 0.3) is 10.8 Å². The topological polar surface area (TPSA) is 84.9 Å². The Bertz CT molecular complexity index is 1150. The summed E-state index contributed by atoms with van der Waals surface area (Å²) in [6, 6.07) is 19.8. The standard InChI is InChI=1S/C23H24N2O5S/c26-23(24-12-15-30-22-7-3-5-18-4-1-2-6-21(18)22)19-8-10-20(11-9-19)31(27,28)25-13-16-29-17-14-25/h1-11H,12-17H2,(H,24,26). The van der Waals surface area contributed by atoms with Gasteiger partial charge in [-0.1, -0.05) is 36.4 Å². The minimum absolute atomic E-state index is 0.172. The number of carbonyl (C=O) groups is 1. The van der Waals surface area contributed by atoms with Crippen LogP contribution in [-0.4, -0.2) is 58.1 Å². The number of nitrogens with zero attached hydrogens (tertiary/aromatic N) is 1. The average molecular weight is 441 g/mol. The van der Waals surface area contributed by atoms with Gasteiger partial charge in [-0.15, -0.1) is 0 Å². The molecule has 0 bridgehead atoms. The number of ether oxygens (including phenoxy) is 2. The van der Waals surface area contributed by atoms with Crippen LogP contribution in [0.15, 0.2) is 71.6 Å². The van der Waals surface area contributed by atoms with Gasteiger partial charge < -0.3 is 14.8 Å². The lowest BCUT2D eigenvalue weighted by atomic mass is 10.1. The van der Waals surface area contributed by atoms with E-state index in [1.54, 1.807) is 0 Å². The molecule has 1 fully saturated rings. The van der Waals surface area contributed by atoms with Crippen LogP contribution in [0.5, 0.6) is 5.75 Å². The number of fused-ring (bicyclic) bond motifs is 1. The predicted molar refractivity (Wildman–Crippen MR) is 118 cm³/mol. The first-order valence-corrected chi connectivity index (χ1v) is 11.6. The molecule has 31 heavy (non-hydrogen) atoms. The average Bonchev–Trinajstić information content (AvgIpc) is 2.82. The number of hydrogen-bond acceptors (Lipinski definition) is 5. The van der Waals surface area contributed by atoms with Crippen LogP contribution in [0.2, 0.25) is 0 Å². The van der Waals surface area contributed by atoms with Crippen molar-refractivity contribution in [3.05, 3.63) is 72.3 Å². The van der Waals surface area contributed by atoms with Crippen molar-refractivity contribution < 1.29 is 22.7 Å². The number of nitrogens with one attached hydrogen (secondary N) is 1. The first-order valence-electron chi connectivity index (χ1n) is 10.1. The van der Waals surface area contributed by atoms with Gasteiger partial charge in [-0.2, -0.15) is 4.31 Å². The smallest absolute Gasteiger partial charge is 0.251 e. The number of hydrogen-bond donors (Lipinski definition) is 1. The van der Waals surface area contributed by atoms with Crippen LogP contribution >= 0.6 is 0 Å². The van der Waals surface area contributed by atoms with E-state index in [1.807, 2.05) is 42.5 Å². The highest BCUT2D eigenvalue weighted by atomic mass is 32.2. The second-order valence-electron chi connectivity index (χ2n) is 7.12. The fourth-order valence-electron chi connectivity index (χ4n) is 3.46. The molecular formula is C23H24N2O5S. The molecule has 3 aromatic carbocycles. The van der Waals surface area contributed by atoms with Gasteiger partial charge in [0.05, 0.1) is 24.7 Å². The third-order valence-corrected chi connectivity index (χ3v) is 7.03. The number of benzene rings is 3. The molecule has 1 N–H and O–H groups in total. The van der Waals surface area contributed by atoms with Crippen molar-refractivity contribution in [2.45, 2.75) is 4.90 Å². The first kappa shape index (κ1) is 21.3. The van der Waals surface area contributed by atoms with Crippen molar-refractivity contribution in [2.24, 2.45) is 0 Å². The van der Waals surface area contributed by atoms with Crippen molar-refractivity contribution in [3.63, 3.8) is 0 Å². The van der Waals surface area contributed by atoms with E-state index in [9.17, 15) is 13.2 Å². The van der Waals surface area contributed by atoms with Gasteiger partial charge in [-0.05, 0) is 35.7 Å². The van der Waals surface area contributed by atoms with Crippen molar-refractivity contribution in [1.29, 1.82) is 0 Å². The van der Waals surface area contributed by atoms with Crippen molar-refractivity contribution in [3.8, 4) is 5.75 Å². The number of rotatable bonds is 7. The minimum atomic E-state index is -3.57. The molecule has 1 amide bonds. The molecule has 7 nitrogen and oxygen atoms in total. The second kappa shape index (κ2) is 9.47. The molecule has 0 radical (unpaired) electrons. The van der Waals surface area contributed by atoms with Gasteiger partial charge in [-0.3, -0.25) is 4.79 Å². The van der Waals surface area contributed by atoms with E-state index < -0.39 is 10.0 Å². The molecule has 0 atom stereocenters. The summed E-state index contributed by atoms with van der Waals surface area (Å²) in [6.07, 6.45) is 0. The van der Waals surface area contributed by atoms with E-state index >= 15 is 0 Å². The Balaban J connectivity index is 1.32. The number of amides is 1. The zero-order chi connectivity index (χ0) is 21.7. The molecule has 0 aliphatic carbocycles. The van der Waals surface area contributed by atoms with Crippen LogP contribution in [-0.2, 0) is 14.8 Å². The van der Waals surface area contributed by atoms with E-state index in [2.05, 4.69) is 5.32 Å². The lowest BCUT2D eigenvalue weighted by Gasteiger charge is -2.26. The van der Waals surface area contributed by atoms with Gasteiger partial charge in [0.15, 0.2) is 0 Å². The van der Waals surface area contributed by atoms with Crippen LogP contribution in [0.3, 0.4) is 0 Å². The Morgan fingerprint density at radius 2 is 1.68 bits per heavy atom. The zero-order valence-corrected chi connectivity index (χ0v) is 17.8. The van der Waals surface area contributed by atoms with Crippen LogP contribution in [0, 0.1) is 0 Å². The highest BCUT2D eigenvalue weighted by molar-refractivity contribution is 7.89. The largest absolute Gasteiger partial charge is 0.491 e. The quantitative estimate of drug-likeness (QED) is 0.571. The molecule has 1 saturated heterocycles. The van der Waals surface area contributed by atoms with Crippen LogP contribution in [0.4, 0.5) is 0 Å². The van der Waals surface area contributed by atoms with E-state index in [4.69, 9.17) is 9.47 Å². The van der Waals surface area contributed by atoms with E-state index in [0.29, 0.717) is 45.0 Å². The summed E-state index contributed by atoms with van der Waals surface area (Å²) in [7, 11) is -3.57. The summed E-state index contributed by atoms with van der Waals surface area (Å²) >= 11 is 0. The Morgan fingerprint density at radius 1 is 0.968 bits per heavy atom. The van der Waals surface area contributed by atoms with Gasteiger partial charge in [0, 0.05) is 24.0 Å². The van der Waals surface area contributed by atoms with Crippen molar-refractivity contribution in [1.82, 2.24) is 9.62 Å². The number of sulfonamides is 1. The van der Waals surface area contributed by atoms with E-state index in [1.165, 1.54) is 28.6 Å². The summed E-state index contributed by atoms with van der Waals surface area (Å²) < 4.78 is 37.8.